The van der Waals surface area contributed by atoms with Gasteiger partial charge in [-0.1, -0.05) is 26.0 Å². The van der Waals surface area contributed by atoms with Crippen LogP contribution in [-0.2, 0) is 0 Å². The molecule has 4 heteroatoms. The summed E-state index contributed by atoms with van der Waals surface area (Å²) < 4.78 is 20.6. The highest BCUT2D eigenvalue weighted by Gasteiger charge is 2.36. The topological polar surface area (TPSA) is 24.8 Å². The van der Waals surface area contributed by atoms with E-state index in [1.54, 1.807) is 12.3 Å². The molecule has 0 fully saturated rings. The van der Waals surface area contributed by atoms with Crippen LogP contribution < -0.4 is 9.64 Å². The largest absolute Gasteiger partial charge is 0.492 e. The van der Waals surface area contributed by atoms with Crippen LogP contribution in [0.25, 0.3) is 0 Å². The van der Waals surface area contributed by atoms with Crippen LogP contribution in [0.5, 0.6) is 5.75 Å². The summed E-state index contributed by atoms with van der Waals surface area (Å²) in [5, 5.41) is 0. The number of halogens is 1. The normalized spacial score (nSPS) is 18.4. The van der Waals surface area contributed by atoms with Crippen molar-refractivity contribution in [2.75, 3.05) is 18.1 Å². The second-order valence-electron chi connectivity index (χ2n) is 8.16. The molecule has 0 aromatic heterocycles. The highest BCUT2D eigenvalue weighted by molar-refractivity contribution is 5.85. The van der Waals surface area contributed by atoms with Crippen LogP contribution in [0.15, 0.2) is 41.4 Å². The second-order valence-corrected chi connectivity index (χ2v) is 8.16. The number of benzene rings is 2. The summed E-state index contributed by atoms with van der Waals surface area (Å²) in [6.45, 7) is 12.3. The smallest absolute Gasteiger partial charge is 0.144 e. The van der Waals surface area contributed by atoms with Gasteiger partial charge in [0.2, 0.25) is 0 Å². The van der Waals surface area contributed by atoms with Crippen LogP contribution in [-0.4, -0.2) is 24.9 Å². The zero-order valence-electron chi connectivity index (χ0n) is 17.6. The second kappa shape index (κ2) is 8.34. The summed E-state index contributed by atoms with van der Waals surface area (Å²) in [5.74, 6) is 0.854. The van der Waals surface area contributed by atoms with E-state index in [2.05, 4.69) is 37.6 Å². The average Bonchev–Trinajstić information content (AvgIpc) is 2.64. The van der Waals surface area contributed by atoms with E-state index in [0.29, 0.717) is 29.5 Å². The molecule has 150 valence electrons. The van der Waals surface area contributed by atoms with Gasteiger partial charge < -0.3 is 9.64 Å². The number of nitrogens with zero attached hydrogens (tertiary/aromatic N) is 2. The maximum atomic E-state index is 15.0. The summed E-state index contributed by atoms with van der Waals surface area (Å²) in [6.07, 6.45) is 3.70. The molecule has 1 unspecified atom stereocenters. The summed E-state index contributed by atoms with van der Waals surface area (Å²) in [4.78, 5) is 6.87. The minimum atomic E-state index is -0.234. The fraction of sp³-hybridized carbons (Fsp3) is 0.458. The van der Waals surface area contributed by atoms with Gasteiger partial charge in [-0.3, -0.25) is 4.99 Å². The number of anilines is 1. The molecule has 3 nitrogen and oxygen atoms in total. The lowest BCUT2D eigenvalue weighted by Crippen LogP contribution is -2.48. The first-order valence-corrected chi connectivity index (χ1v) is 10.2. The number of rotatable bonds is 6. The Kier molecular flexibility index (Phi) is 6.07. The van der Waals surface area contributed by atoms with Crippen LogP contribution in [0.1, 0.15) is 64.5 Å². The van der Waals surface area contributed by atoms with Crippen LogP contribution in [0.3, 0.4) is 0 Å². The van der Waals surface area contributed by atoms with Gasteiger partial charge in [-0.2, -0.15) is 0 Å². The summed E-state index contributed by atoms with van der Waals surface area (Å²) in [6, 6.07) is 11.2. The molecule has 0 saturated heterocycles. The Labute approximate surface area is 168 Å². The molecule has 3 rings (SSSR count). The molecule has 1 heterocycles. The summed E-state index contributed by atoms with van der Waals surface area (Å²) in [5.41, 5.74) is 3.49. The van der Waals surface area contributed by atoms with Crippen LogP contribution in [0.2, 0.25) is 0 Å². The number of para-hydroxylation sites is 2. The van der Waals surface area contributed by atoms with E-state index < -0.39 is 0 Å². The van der Waals surface area contributed by atoms with Gasteiger partial charge in [0.15, 0.2) is 0 Å². The standard InChI is InChI=1S/C24H31FN2O/c1-6-12-27-22-14-20(25)18(13-19(22)17(3)15-24(27,4)5)16-26-21-10-8-9-11-23(21)28-7-2/h8-11,13-14,16-17H,6-7,12,15H2,1-5H3. The van der Waals surface area contributed by atoms with Gasteiger partial charge in [0.1, 0.15) is 17.3 Å². The van der Waals surface area contributed by atoms with E-state index >= 15 is 0 Å². The molecule has 0 spiro atoms. The number of hydrogen-bond donors (Lipinski definition) is 0. The first-order valence-electron chi connectivity index (χ1n) is 10.2. The van der Waals surface area contributed by atoms with E-state index in [-0.39, 0.29) is 11.4 Å². The van der Waals surface area contributed by atoms with Gasteiger partial charge in [-0.15, -0.1) is 0 Å². The third-order valence-corrected chi connectivity index (χ3v) is 5.46. The lowest BCUT2D eigenvalue weighted by molar-refractivity contribution is 0.341. The minimum Gasteiger partial charge on any atom is -0.492 e. The molecule has 0 bridgehead atoms. The Morgan fingerprint density at radius 2 is 2.00 bits per heavy atom. The molecule has 0 radical (unpaired) electrons. The predicted molar refractivity (Wildman–Crippen MR) is 116 cm³/mol. The monoisotopic (exact) mass is 382 g/mol. The highest BCUT2D eigenvalue weighted by atomic mass is 19.1. The number of aliphatic imine (C=N–C) groups is 1. The molecule has 1 aliphatic rings. The van der Waals surface area contributed by atoms with Gasteiger partial charge in [-0.05, 0) is 69.4 Å². The van der Waals surface area contributed by atoms with Gasteiger partial charge in [0.25, 0.3) is 0 Å². The van der Waals surface area contributed by atoms with Crippen molar-refractivity contribution in [2.45, 2.75) is 58.9 Å². The van der Waals surface area contributed by atoms with Crippen molar-refractivity contribution in [3.8, 4) is 5.75 Å². The minimum absolute atomic E-state index is 0.0287. The van der Waals surface area contributed by atoms with Gasteiger partial charge in [0.05, 0.1) is 6.61 Å². The lowest BCUT2D eigenvalue weighted by Gasteiger charge is -2.47. The van der Waals surface area contributed by atoms with E-state index in [9.17, 15) is 4.39 Å². The number of fused-ring (bicyclic) bond motifs is 1. The van der Waals surface area contributed by atoms with Crippen LogP contribution >= 0.6 is 0 Å². The van der Waals surface area contributed by atoms with Crippen molar-refractivity contribution in [2.24, 2.45) is 4.99 Å². The summed E-state index contributed by atoms with van der Waals surface area (Å²) in [7, 11) is 0. The fourth-order valence-electron chi connectivity index (χ4n) is 4.25. The molecule has 1 aliphatic heterocycles. The number of ether oxygens (including phenoxy) is 1. The molecule has 0 aliphatic carbocycles. The zero-order chi connectivity index (χ0) is 20.3. The SMILES string of the molecule is CCCN1c2cc(F)c(C=Nc3ccccc3OCC)cc2C(C)CC1(C)C. The van der Waals surface area contributed by atoms with Gasteiger partial charge in [-0.25, -0.2) is 4.39 Å². The Balaban J connectivity index is 1.99. The van der Waals surface area contributed by atoms with E-state index in [1.807, 2.05) is 37.3 Å². The third-order valence-electron chi connectivity index (χ3n) is 5.46. The van der Waals surface area contributed by atoms with Crippen LogP contribution in [0.4, 0.5) is 15.8 Å². The lowest BCUT2D eigenvalue weighted by atomic mass is 9.79. The maximum absolute atomic E-state index is 15.0. The first-order chi connectivity index (χ1) is 13.4. The Morgan fingerprint density at radius 3 is 2.71 bits per heavy atom. The Morgan fingerprint density at radius 1 is 1.25 bits per heavy atom. The first kappa shape index (κ1) is 20.4. The van der Waals surface area contributed by atoms with Crippen molar-refractivity contribution in [1.29, 1.82) is 0 Å². The van der Waals surface area contributed by atoms with Crippen molar-refractivity contribution < 1.29 is 9.13 Å². The molecule has 1 atom stereocenters. The van der Waals surface area contributed by atoms with Crippen molar-refractivity contribution >= 4 is 17.6 Å². The number of hydrogen-bond acceptors (Lipinski definition) is 3. The molecular formula is C24H31FN2O. The molecule has 0 N–H and O–H groups in total. The molecule has 2 aromatic carbocycles. The molecular weight excluding hydrogens is 351 g/mol. The van der Waals surface area contributed by atoms with Gasteiger partial charge >= 0.3 is 0 Å². The molecule has 2 aromatic rings. The highest BCUT2D eigenvalue weighted by Crippen LogP contribution is 2.44. The average molecular weight is 383 g/mol. The van der Waals surface area contributed by atoms with Crippen molar-refractivity contribution in [3.05, 3.63) is 53.3 Å². The maximum Gasteiger partial charge on any atom is 0.144 e. The molecule has 0 saturated carbocycles. The van der Waals surface area contributed by atoms with E-state index in [1.165, 1.54) is 5.56 Å². The fourth-order valence-corrected chi connectivity index (χ4v) is 4.25. The van der Waals surface area contributed by atoms with Crippen LogP contribution in [0, 0.1) is 5.82 Å². The Bertz CT molecular complexity index is 860. The molecule has 0 amide bonds. The van der Waals surface area contributed by atoms with Crippen molar-refractivity contribution in [3.63, 3.8) is 0 Å². The summed E-state index contributed by atoms with van der Waals surface area (Å²) >= 11 is 0. The Hall–Kier alpha value is -2.36. The predicted octanol–water partition coefficient (Wildman–Crippen LogP) is 6.48. The zero-order valence-corrected chi connectivity index (χ0v) is 17.6. The van der Waals surface area contributed by atoms with Crippen molar-refractivity contribution in [1.82, 2.24) is 0 Å². The van der Waals surface area contributed by atoms with E-state index in [4.69, 9.17) is 4.74 Å². The van der Waals surface area contributed by atoms with Gasteiger partial charge in [0, 0.05) is 29.5 Å². The third kappa shape index (κ3) is 4.06. The quantitative estimate of drug-likeness (QED) is 0.534. The van der Waals surface area contributed by atoms with E-state index in [0.717, 1.165) is 25.1 Å². The molecule has 28 heavy (non-hydrogen) atoms.